The highest BCUT2D eigenvalue weighted by molar-refractivity contribution is 6.16. The number of phenolic OH excluding ortho intramolecular Hbond substituents is 1. The zero-order valence-corrected chi connectivity index (χ0v) is 14.8. The zero-order valence-electron chi connectivity index (χ0n) is 14.8. The first-order valence-corrected chi connectivity index (χ1v) is 8.65. The smallest absolute Gasteiger partial charge is 0.169 e. The van der Waals surface area contributed by atoms with Gasteiger partial charge in [-0.2, -0.15) is 0 Å². The average Bonchev–Trinajstić information content (AvgIpc) is 2.74. The van der Waals surface area contributed by atoms with Gasteiger partial charge in [-0.15, -0.1) is 0 Å². The molecule has 0 fully saturated rings. The van der Waals surface area contributed by atoms with Crippen LogP contribution in [0.5, 0.6) is 11.5 Å². The number of rotatable bonds is 4. The minimum absolute atomic E-state index is 0.0988. The molecule has 1 aliphatic rings. The monoisotopic (exact) mass is 357 g/mol. The Labute approximate surface area is 157 Å². The maximum atomic E-state index is 10.4. The summed E-state index contributed by atoms with van der Waals surface area (Å²) in [6.07, 6.45) is -0.390. The van der Waals surface area contributed by atoms with Crippen molar-refractivity contribution in [1.82, 2.24) is 5.32 Å². The third-order valence-electron chi connectivity index (χ3n) is 4.34. The fourth-order valence-electron chi connectivity index (χ4n) is 2.94. The van der Waals surface area contributed by atoms with Gasteiger partial charge in [0, 0.05) is 11.6 Å². The van der Waals surface area contributed by atoms with Crippen LogP contribution < -0.4 is 10.1 Å². The summed E-state index contributed by atoms with van der Waals surface area (Å²) in [7, 11) is 1.57. The van der Waals surface area contributed by atoms with Gasteiger partial charge in [0.05, 0.1) is 12.7 Å². The molecule has 3 aromatic carbocycles. The second kappa shape index (κ2) is 7.33. The Hall–Kier alpha value is -3.60. The largest absolute Gasteiger partial charge is 0.507 e. The summed E-state index contributed by atoms with van der Waals surface area (Å²) < 4.78 is 5.17. The molecule has 2 N–H and O–H groups in total. The number of hydrogen-bond donors (Lipinski definition) is 2. The summed E-state index contributed by atoms with van der Waals surface area (Å²) in [6.45, 7) is 0. The van der Waals surface area contributed by atoms with E-state index in [2.05, 4.69) is 5.32 Å². The van der Waals surface area contributed by atoms with Crippen molar-refractivity contribution >= 4 is 11.7 Å². The number of nitrogens with one attached hydrogen (secondary N) is 1. The van der Waals surface area contributed by atoms with E-state index in [0.717, 1.165) is 11.1 Å². The van der Waals surface area contributed by atoms with Gasteiger partial charge in [-0.05, 0) is 17.7 Å². The van der Waals surface area contributed by atoms with E-state index in [1.54, 1.807) is 25.3 Å². The van der Waals surface area contributed by atoms with Crippen LogP contribution in [0.1, 0.15) is 22.9 Å². The summed E-state index contributed by atoms with van der Waals surface area (Å²) in [4.78, 5) is 9.50. The molecule has 1 aliphatic heterocycles. The Kier molecular flexibility index (Phi) is 4.58. The number of benzene rings is 3. The Balaban J connectivity index is 1.78. The van der Waals surface area contributed by atoms with Crippen LogP contribution in [-0.4, -0.2) is 23.9 Å². The van der Waals surface area contributed by atoms with Crippen LogP contribution in [0.25, 0.3) is 0 Å². The molecule has 0 radical (unpaired) electrons. The molecule has 0 saturated heterocycles. The first kappa shape index (κ1) is 16.8. The summed E-state index contributed by atoms with van der Waals surface area (Å²) >= 11 is 0. The van der Waals surface area contributed by atoms with E-state index >= 15 is 0 Å². The first-order chi connectivity index (χ1) is 13.2. The number of ether oxygens (including phenoxy) is 1. The second-order valence-electron chi connectivity index (χ2n) is 6.11. The van der Waals surface area contributed by atoms with E-state index in [1.165, 1.54) is 0 Å². The van der Waals surface area contributed by atoms with Crippen LogP contribution in [0.4, 0.5) is 0 Å². The molecule has 1 unspecified atom stereocenters. The van der Waals surface area contributed by atoms with Crippen molar-refractivity contribution < 1.29 is 9.84 Å². The van der Waals surface area contributed by atoms with E-state index in [1.807, 2.05) is 60.7 Å². The van der Waals surface area contributed by atoms with E-state index in [9.17, 15) is 5.11 Å². The average molecular weight is 357 g/mol. The van der Waals surface area contributed by atoms with Gasteiger partial charge in [0.25, 0.3) is 0 Å². The molecule has 0 bridgehead atoms. The van der Waals surface area contributed by atoms with Gasteiger partial charge < -0.3 is 15.2 Å². The van der Waals surface area contributed by atoms with Gasteiger partial charge in [-0.25, -0.2) is 9.98 Å². The van der Waals surface area contributed by atoms with E-state index in [4.69, 9.17) is 14.7 Å². The zero-order chi connectivity index (χ0) is 18.6. The Bertz CT molecular complexity index is 999. The van der Waals surface area contributed by atoms with E-state index in [0.29, 0.717) is 23.0 Å². The number of hydrogen-bond acceptors (Lipinski definition) is 5. The molecule has 0 aliphatic carbocycles. The molecule has 0 amide bonds. The maximum Gasteiger partial charge on any atom is 0.169 e. The second-order valence-corrected chi connectivity index (χ2v) is 6.11. The molecule has 0 aromatic heterocycles. The minimum atomic E-state index is -0.390. The number of aliphatic imine (C=N–C) groups is 2. The summed E-state index contributed by atoms with van der Waals surface area (Å²) in [5.41, 5.74) is 2.54. The standard InChI is InChI=1S/C22H19N3O2/c1-27-17-12-13-18(19(26)14-17)22-24-20(15-8-4-2-5-9-15)23-21(25-22)16-10-6-3-7-11-16/h2-14,20,26H,1H3,(H,23,24,25). The number of amidine groups is 2. The molecule has 134 valence electrons. The van der Waals surface area contributed by atoms with Gasteiger partial charge in [0.1, 0.15) is 23.2 Å². The quantitative estimate of drug-likeness (QED) is 0.744. The lowest BCUT2D eigenvalue weighted by atomic mass is 10.1. The number of methoxy groups -OCH3 is 1. The highest BCUT2D eigenvalue weighted by atomic mass is 16.5. The van der Waals surface area contributed by atoms with Crippen molar-refractivity contribution in [1.29, 1.82) is 0 Å². The number of aromatic hydroxyl groups is 1. The molecule has 4 rings (SSSR count). The van der Waals surface area contributed by atoms with Crippen molar-refractivity contribution in [2.75, 3.05) is 7.11 Å². The lowest BCUT2D eigenvalue weighted by Crippen LogP contribution is -2.36. The van der Waals surface area contributed by atoms with Crippen molar-refractivity contribution in [3.63, 3.8) is 0 Å². The molecule has 1 atom stereocenters. The van der Waals surface area contributed by atoms with Gasteiger partial charge in [0.2, 0.25) is 0 Å². The SMILES string of the molecule is COc1ccc(C2=NC(c3ccccc3)N=C(c3ccccc3)N2)c(O)c1. The van der Waals surface area contributed by atoms with Gasteiger partial charge >= 0.3 is 0 Å². The molecule has 5 heteroatoms. The van der Waals surface area contributed by atoms with Crippen molar-refractivity contribution in [2.24, 2.45) is 9.98 Å². The molecular weight excluding hydrogens is 338 g/mol. The predicted octanol–water partition coefficient (Wildman–Crippen LogP) is 3.90. The molecule has 1 heterocycles. The van der Waals surface area contributed by atoms with Crippen molar-refractivity contribution in [2.45, 2.75) is 6.17 Å². The van der Waals surface area contributed by atoms with Crippen LogP contribution in [0.3, 0.4) is 0 Å². The number of phenols is 1. The molecule has 0 saturated carbocycles. The maximum absolute atomic E-state index is 10.4. The third-order valence-corrected chi connectivity index (χ3v) is 4.34. The van der Waals surface area contributed by atoms with Crippen LogP contribution >= 0.6 is 0 Å². The fourth-order valence-corrected chi connectivity index (χ4v) is 2.94. The molecule has 27 heavy (non-hydrogen) atoms. The Morgan fingerprint density at radius 2 is 1.52 bits per heavy atom. The van der Waals surface area contributed by atoms with Crippen molar-refractivity contribution in [3.8, 4) is 11.5 Å². The Morgan fingerprint density at radius 1 is 0.852 bits per heavy atom. The highest BCUT2D eigenvalue weighted by Gasteiger charge is 2.22. The minimum Gasteiger partial charge on any atom is -0.507 e. The summed E-state index contributed by atoms with van der Waals surface area (Å²) in [6, 6.07) is 24.9. The van der Waals surface area contributed by atoms with Crippen LogP contribution in [0.15, 0.2) is 88.8 Å². The van der Waals surface area contributed by atoms with Gasteiger partial charge in [-0.1, -0.05) is 60.7 Å². The summed E-state index contributed by atoms with van der Waals surface area (Å²) in [5.74, 6) is 1.97. The molecule has 0 spiro atoms. The van der Waals surface area contributed by atoms with Crippen LogP contribution in [-0.2, 0) is 0 Å². The topological polar surface area (TPSA) is 66.2 Å². The lowest BCUT2D eigenvalue weighted by Gasteiger charge is -2.22. The van der Waals surface area contributed by atoms with Gasteiger partial charge in [0.15, 0.2) is 6.17 Å². The summed E-state index contributed by atoms with van der Waals surface area (Å²) in [5, 5.41) is 13.7. The molecule has 3 aromatic rings. The predicted molar refractivity (Wildman–Crippen MR) is 106 cm³/mol. The van der Waals surface area contributed by atoms with Crippen LogP contribution in [0.2, 0.25) is 0 Å². The highest BCUT2D eigenvalue weighted by Crippen LogP contribution is 2.28. The Morgan fingerprint density at radius 3 is 2.19 bits per heavy atom. The lowest BCUT2D eigenvalue weighted by molar-refractivity contribution is 0.407. The normalized spacial score (nSPS) is 16.1. The first-order valence-electron chi connectivity index (χ1n) is 8.65. The van der Waals surface area contributed by atoms with Crippen LogP contribution in [0, 0.1) is 0 Å². The number of nitrogens with zero attached hydrogens (tertiary/aromatic N) is 2. The molecular formula is C22H19N3O2. The fraction of sp³-hybridized carbons (Fsp3) is 0.0909. The van der Waals surface area contributed by atoms with E-state index in [-0.39, 0.29) is 11.9 Å². The molecule has 5 nitrogen and oxygen atoms in total. The van der Waals surface area contributed by atoms with Gasteiger partial charge in [-0.3, -0.25) is 0 Å². The van der Waals surface area contributed by atoms with E-state index < -0.39 is 0 Å². The third kappa shape index (κ3) is 3.53. The van der Waals surface area contributed by atoms with Crippen molar-refractivity contribution in [3.05, 3.63) is 95.6 Å².